The summed E-state index contributed by atoms with van der Waals surface area (Å²) in [5.41, 5.74) is 1.87. The first-order chi connectivity index (χ1) is 14.9. The van der Waals surface area contributed by atoms with E-state index in [1.54, 1.807) is 36.4 Å². The van der Waals surface area contributed by atoms with Gasteiger partial charge in [0.25, 0.3) is 10.0 Å². The maximum atomic E-state index is 13.4. The molecule has 0 atom stereocenters. The fourth-order valence-corrected chi connectivity index (χ4v) is 4.80. The molecule has 31 heavy (non-hydrogen) atoms. The first-order valence-electron chi connectivity index (χ1n) is 9.66. The standard InChI is InChI=1S/C23H23ClN2O4S/c1-3-17-9-7-8-12-21(17)25-23(27)16-26(18-13-14-22(30-2)20(24)15-18)31(28,29)19-10-5-4-6-11-19/h4-15H,3,16H2,1-2H3,(H,25,27). The van der Waals surface area contributed by atoms with Crippen molar-refractivity contribution in [2.45, 2.75) is 18.2 Å². The molecule has 0 bridgehead atoms. The van der Waals surface area contributed by atoms with Crippen molar-refractivity contribution in [1.82, 2.24) is 0 Å². The molecule has 0 saturated heterocycles. The quantitative estimate of drug-likeness (QED) is 0.528. The molecule has 8 heteroatoms. The highest BCUT2D eigenvalue weighted by Crippen LogP contribution is 2.32. The van der Waals surface area contributed by atoms with Gasteiger partial charge >= 0.3 is 0 Å². The minimum absolute atomic E-state index is 0.0729. The van der Waals surface area contributed by atoms with Crippen LogP contribution < -0.4 is 14.4 Å². The molecule has 6 nitrogen and oxygen atoms in total. The summed E-state index contributed by atoms with van der Waals surface area (Å²) in [6, 6.07) is 19.9. The van der Waals surface area contributed by atoms with Gasteiger partial charge in [-0.25, -0.2) is 8.42 Å². The SMILES string of the molecule is CCc1ccccc1NC(=O)CN(c1ccc(OC)c(Cl)c1)S(=O)(=O)c1ccccc1. The van der Waals surface area contributed by atoms with Crippen molar-refractivity contribution in [1.29, 1.82) is 0 Å². The number of para-hydroxylation sites is 1. The maximum Gasteiger partial charge on any atom is 0.264 e. The first-order valence-corrected chi connectivity index (χ1v) is 11.5. The van der Waals surface area contributed by atoms with Crippen LogP contribution in [0.3, 0.4) is 0 Å². The van der Waals surface area contributed by atoms with Crippen molar-refractivity contribution in [2.24, 2.45) is 0 Å². The van der Waals surface area contributed by atoms with Crippen molar-refractivity contribution in [3.63, 3.8) is 0 Å². The smallest absolute Gasteiger partial charge is 0.264 e. The van der Waals surface area contributed by atoms with Gasteiger partial charge in [0.1, 0.15) is 12.3 Å². The van der Waals surface area contributed by atoms with E-state index >= 15 is 0 Å². The van der Waals surface area contributed by atoms with Crippen LogP contribution in [0.15, 0.2) is 77.7 Å². The number of benzene rings is 3. The number of sulfonamides is 1. The average Bonchev–Trinajstić information content (AvgIpc) is 2.78. The molecule has 0 radical (unpaired) electrons. The van der Waals surface area contributed by atoms with Crippen LogP contribution in [0.1, 0.15) is 12.5 Å². The van der Waals surface area contributed by atoms with Gasteiger partial charge < -0.3 is 10.1 Å². The molecule has 1 N–H and O–H groups in total. The van der Waals surface area contributed by atoms with Crippen molar-refractivity contribution in [2.75, 3.05) is 23.3 Å². The third-order valence-corrected chi connectivity index (χ3v) is 6.80. The molecule has 0 unspecified atom stereocenters. The lowest BCUT2D eigenvalue weighted by molar-refractivity contribution is -0.114. The summed E-state index contributed by atoms with van der Waals surface area (Å²) in [4.78, 5) is 12.9. The number of methoxy groups -OCH3 is 1. The van der Waals surface area contributed by atoms with Crippen LogP contribution in [0.25, 0.3) is 0 Å². The highest BCUT2D eigenvalue weighted by molar-refractivity contribution is 7.92. The molecule has 0 saturated carbocycles. The number of anilines is 2. The molecule has 1 amide bonds. The third-order valence-electron chi connectivity index (χ3n) is 4.71. The average molecular weight is 459 g/mol. The van der Waals surface area contributed by atoms with Gasteiger partial charge in [0.05, 0.1) is 22.7 Å². The normalized spacial score (nSPS) is 11.1. The number of nitrogens with zero attached hydrogens (tertiary/aromatic N) is 1. The van der Waals surface area contributed by atoms with E-state index in [0.717, 1.165) is 16.3 Å². The highest BCUT2D eigenvalue weighted by atomic mass is 35.5. The zero-order valence-electron chi connectivity index (χ0n) is 17.2. The van der Waals surface area contributed by atoms with Crippen LogP contribution in [0.4, 0.5) is 11.4 Å². The number of carbonyl (C=O) groups is 1. The summed E-state index contributed by atoms with van der Waals surface area (Å²) in [7, 11) is -2.55. The van der Waals surface area contributed by atoms with Gasteiger partial charge in [-0.3, -0.25) is 9.10 Å². The Hall–Kier alpha value is -3.03. The maximum absolute atomic E-state index is 13.4. The predicted octanol–water partition coefficient (Wildman–Crippen LogP) is 4.75. The third kappa shape index (κ3) is 5.18. The van der Waals surface area contributed by atoms with Crippen molar-refractivity contribution >= 4 is 38.9 Å². The number of carbonyl (C=O) groups excluding carboxylic acids is 1. The van der Waals surface area contributed by atoms with Gasteiger partial charge in [0.15, 0.2) is 0 Å². The Morgan fingerprint density at radius 1 is 1.03 bits per heavy atom. The topological polar surface area (TPSA) is 75.7 Å². The molecule has 3 rings (SSSR count). The fraction of sp³-hybridized carbons (Fsp3) is 0.174. The number of amides is 1. The number of ether oxygens (including phenoxy) is 1. The molecular weight excluding hydrogens is 436 g/mol. The Kier molecular flexibility index (Phi) is 7.20. The molecule has 0 spiro atoms. The van der Waals surface area contributed by atoms with E-state index in [1.807, 2.05) is 25.1 Å². The molecule has 0 heterocycles. The first kappa shape index (κ1) is 22.7. The van der Waals surface area contributed by atoms with Crippen molar-refractivity contribution in [3.8, 4) is 5.75 Å². The molecule has 0 aliphatic rings. The summed E-state index contributed by atoms with van der Waals surface area (Å²) in [6.07, 6.45) is 0.733. The van der Waals surface area contributed by atoms with E-state index < -0.39 is 22.5 Å². The van der Waals surface area contributed by atoms with E-state index in [4.69, 9.17) is 16.3 Å². The second kappa shape index (κ2) is 9.85. The zero-order chi connectivity index (χ0) is 22.4. The lowest BCUT2D eigenvalue weighted by Gasteiger charge is -2.25. The Morgan fingerprint density at radius 2 is 1.71 bits per heavy atom. The van der Waals surface area contributed by atoms with E-state index in [2.05, 4.69) is 5.32 Å². The lowest BCUT2D eigenvalue weighted by atomic mass is 10.1. The monoisotopic (exact) mass is 458 g/mol. The summed E-state index contributed by atoms with van der Waals surface area (Å²) >= 11 is 6.23. The molecule has 0 aromatic heterocycles. The minimum atomic E-state index is -4.02. The minimum Gasteiger partial charge on any atom is -0.495 e. The zero-order valence-corrected chi connectivity index (χ0v) is 18.8. The van der Waals surface area contributed by atoms with Crippen LogP contribution in [0.2, 0.25) is 5.02 Å². The van der Waals surface area contributed by atoms with Gasteiger partial charge in [-0.1, -0.05) is 54.9 Å². The van der Waals surface area contributed by atoms with Gasteiger partial charge in [-0.2, -0.15) is 0 Å². The Balaban J connectivity index is 1.98. The molecule has 3 aromatic rings. The van der Waals surface area contributed by atoms with Gasteiger partial charge in [-0.15, -0.1) is 0 Å². The van der Waals surface area contributed by atoms with Gasteiger partial charge in [-0.05, 0) is 48.4 Å². The highest BCUT2D eigenvalue weighted by Gasteiger charge is 2.28. The van der Waals surface area contributed by atoms with E-state index in [1.165, 1.54) is 25.3 Å². The summed E-state index contributed by atoms with van der Waals surface area (Å²) in [5, 5.41) is 3.06. The fourth-order valence-electron chi connectivity index (χ4n) is 3.12. The summed E-state index contributed by atoms with van der Waals surface area (Å²) in [5.74, 6) is -0.0591. The van der Waals surface area contributed by atoms with Crippen molar-refractivity contribution < 1.29 is 17.9 Å². The van der Waals surface area contributed by atoms with E-state index in [9.17, 15) is 13.2 Å². The van der Waals surface area contributed by atoms with Gasteiger partial charge in [0, 0.05) is 5.69 Å². The van der Waals surface area contributed by atoms with Crippen LogP contribution in [-0.2, 0) is 21.2 Å². The number of nitrogens with one attached hydrogen (secondary N) is 1. The molecule has 0 aliphatic heterocycles. The Morgan fingerprint density at radius 3 is 2.35 bits per heavy atom. The van der Waals surface area contributed by atoms with Crippen LogP contribution >= 0.6 is 11.6 Å². The molecule has 0 fully saturated rings. The molecular formula is C23H23ClN2O4S. The number of rotatable bonds is 8. The van der Waals surface area contributed by atoms with Crippen LogP contribution in [-0.4, -0.2) is 28.0 Å². The van der Waals surface area contributed by atoms with E-state index in [-0.39, 0.29) is 15.6 Å². The number of aryl methyl sites for hydroxylation is 1. The number of hydrogen-bond donors (Lipinski definition) is 1. The Bertz CT molecular complexity index is 1170. The second-order valence-corrected chi connectivity index (χ2v) is 8.97. The molecule has 0 aliphatic carbocycles. The van der Waals surface area contributed by atoms with Crippen LogP contribution in [0.5, 0.6) is 5.75 Å². The van der Waals surface area contributed by atoms with Gasteiger partial charge in [0.2, 0.25) is 5.91 Å². The molecule has 162 valence electrons. The number of halogens is 1. The number of hydrogen-bond acceptors (Lipinski definition) is 4. The van der Waals surface area contributed by atoms with Crippen LogP contribution in [0, 0.1) is 0 Å². The van der Waals surface area contributed by atoms with Crippen molar-refractivity contribution in [3.05, 3.63) is 83.4 Å². The van der Waals surface area contributed by atoms with E-state index in [0.29, 0.717) is 11.4 Å². The predicted molar refractivity (Wildman–Crippen MR) is 123 cm³/mol. The summed E-state index contributed by atoms with van der Waals surface area (Å²) in [6.45, 7) is 1.56. The molecule has 3 aromatic carbocycles. The summed E-state index contributed by atoms with van der Waals surface area (Å²) < 4.78 is 33.0. The lowest BCUT2D eigenvalue weighted by Crippen LogP contribution is -2.38. The largest absolute Gasteiger partial charge is 0.495 e. The Labute approximate surface area is 187 Å². The second-order valence-electron chi connectivity index (χ2n) is 6.70.